The number of halogens is 1. The van der Waals surface area contributed by atoms with Gasteiger partial charge in [0.25, 0.3) is 0 Å². The van der Waals surface area contributed by atoms with E-state index in [-0.39, 0.29) is 5.91 Å². The minimum Gasteiger partial charge on any atom is -0.497 e. The largest absolute Gasteiger partial charge is 0.497 e. The maximum atomic E-state index is 12.2. The summed E-state index contributed by atoms with van der Waals surface area (Å²) in [4.78, 5) is 16.6. The molecule has 0 atom stereocenters. The van der Waals surface area contributed by atoms with E-state index >= 15 is 0 Å². The molecule has 0 aliphatic heterocycles. The summed E-state index contributed by atoms with van der Waals surface area (Å²) >= 11 is 7.63. The number of imidazole rings is 1. The van der Waals surface area contributed by atoms with Crippen LogP contribution in [0.1, 0.15) is 11.1 Å². The van der Waals surface area contributed by atoms with Crippen LogP contribution in [-0.2, 0) is 11.2 Å². The van der Waals surface area contributed by atoms with Crippen LogP contribution in [0.25, 0.3) is 5.69 Å². The Labute approximate surface area is 174 Å². The molecule has 0 bridgehead atoms. The van der Waals surface area contributed by atoms with Crippen molar-refractivity contribution in [2.75, 3.05) is 19.4 Å². The van der Waals surface area contributed by atoms with E-state index in [0.29, 0.717) is 17.3 Å². The lowest BCUT2D eigenvalue weighted by Gasteiger charge is -2.11. The summed E-state index contributed by atoms with van der Waals surface area (Å²) < 4.78 is 7.10. The molecule has 7 heteroatoms. The Balaban J connectivity index is 1.51. The fourth-order valence-corrected chi connectivity index (χ4v) is 3.72. The number of hydrogen-bond acceptors (Lipinski definition) is 4. The van der Waals surface area contributed by atoms with Crippen molar-refractivity contribution in [3.63, 3.8) is 0 Å². The SMILES string of the molecule is COc1ccc(CCNC(=O)CSc2nccn2-c2cccc(Cl)c2C)cc1. The van der Waals surface area contributed by atoms with Crippen molar-refractivity contribution >= 4 is 29.3 Å². The Kier molecular flexibility index (Phi) is 7.01. The van der Waals surface area contributed by atoms with E-state index in [1.165, 1.54) is 11.8 Å². The molecule has 146 valence electrons. The number of amides is 1. The topological polar surface area (TPSA) is 56.1 Å². The third-order valence-corrected chi connectivity index (χ3v) is 5.71. The average molecular weight is 416 g/mol. The van der Waals surface area contributed by atoms with Gasteiger partial charge < -0.3 is 10.1 Å². The summed E-state index contributed by atoms with van der Waals surface area (Å²) in [7, 11) is 1.64. The highest BCUT2D eigenvalue weighted by atomic mass is 35.5. The van der Waals surface area contributed by atoms with Crippen LogP contribution < -0.4 is 10.1 Å². The van der Waals surface area contributed by atoms with Crippen LogP contribution in [0.4, 0.5) is 0 Å². The van der Waals surface area contributed by atoms with Gasteiger partial charge in [0.1, 0.15) is 5.75 Å². The number of nitrogens with one attached hydrogen (secondary N) is 1. The van der Waals surface area contributed by atoms with Crippen molar-refractivity contribution in [1.29, 1.82) is 0 Å². The molecule has 0 saturated heterocycles. The number of methoxy groups -OCH3 is 1. The first-order valence-corrected chi connectivity index (χ1v) is 10.3. The molecule has 0 unspecified atom stereocenters. The Morgan fingerprint density at radius 1 is 1.25 bits per heavy atom. The first-order valence-electron chi connectivity index (χ1n) is 8.89. The molecule has 3 aromatic rings. The maximum Gasteiger partial charge on any atom is 0.230 e. The fraction of sp³-hybridized carbons (Fsp3) is 0.238. The summed E-state index contributed by atoms with van der Waals surface area (Å²) in [6, 6.07) is 13.6. The quantitative estimate of drug-likeness (QED) is 0.557. The molecule has 28 heavy (non-hydrogen) atoms. The van der Waals surface area contributed by atoms with Crippen LogP contribution in [0, 0.1) is 6.92 Å². The number of thioether (sulfide) groups is 1. The van der Waals surface area contributed by atoms with Gasteiger partial charge in [-0.2, -0.15) is 0 Å². The molecule has 1 amide bonds. The van der Waals surface area contributed by atoms with Gasteiger partial charge in [-0.05, 0) is 48.7 Å². The van der Waals surface area contributed by atoms with Crippen LogP contribution in [-0.4, -0.2) is 34.9 Å². The van der Waals surface area contributed by atoms with Gasteiger partial charge in [0.15, 0.2) is 5.16 Å². The number of carbonyl (C=O) groups excluding carboxylic acids is 1. The predicted octanol–water partition coefficient (Wildman–Crippen LogP) is 4.29. The molecule has 1 heterocycles. The van der Waals surface area contributed by atoms with E-state index in [2.05, 4.69) is 10.3 Å². The summed E-state index contributed by atoms with van der Waals surface area (Å²) in [5.41, 5.74) is 3.10. The lowest BCUT2D eigenvalue weighted by molar-refractivity contribution is -0.118. The van der Waals surface area contributed by atoms with Crippen molar-refractivity contribution in [3.05, 3.63) is 71.0 Å². The molecule has 0 aliphatic carbocycles. The first kappa shape index (κ1) is 20.3. The molecule has 5 nitrogen and oxygen atoms in total. The summed E-state index contributed by atoms with van der Waals surface area (Å²) in [5, 5.41) is 4.42. The number of rotatable bonds is 8. The summed E-state index contributed by atoms with van der Waals surface area (Å²) in [6.07, 6.45) is 4.38. The molecule has 0 spiro atoms. The van der Waals surface area contributed by atoms with E-state index in [1.807, 2.05) is 60.2 Å². The number of benzene rings is 2. The van der Waals surface area contributed by atoms with E-state index < -0.39 is 0 Å². The molecule has 1 N–H and O–H groups in total. The second kappa shape index (κ2) is 9.66. The van der Waals surface area contributed by atoms with Crippen molar-refractivity contribution in [2.24, 2.45) is 0 Å². The molecule has 3 rings (SSSR count). The van der Waals surface area contributed by atoms with Crippen molar-refractivity contribution in [2.45, 2.75) is 18.5 Å². The van der Waals surface area contributed by atoms with Crippen molar-refractivity contribution in [1.82, 2.24) is 14.9 Å². The molecule has 0 radical (unpaired) electrons. The minimum absolute atomic E-state index is 0.0177. The number of carbonyl (C=O) groups is 1. The number of ether oxygens (including phenoxy) is 1. The van der Waals surface area contributed by atoms with Gasteiger partial charge in [0.05, 0.1) is 18.6 Å². The molecule has 1 aromatic heterocycles. The van der Waals surface area contributed by atoms with Gasteiger partial charge in [-0.3, -0.25) is 9.36 Å². The lowest BCUT2D eigenvalue weighted by atomic mass is 10.1. The molecule has 0 fully saturated rings. The zero-order valence-corrected chi connectivity index (χ0v) is 17.4. The third kappa shape index (κ3) is 5.09. The van der Waals surface area contributed by atoms with Crippen LogP contribution in [0.5, 0.6) is 5.75 Å². The third-order valence-electron chi connectivity index (χ3n) is 4.33. The standard InChI is InChI=1S/C21H22ClN3O2S/c1-15-18(22)4-3-5-19(15)25-13-12-24-21(25)28-14-20(26)23-11-10-16-6-8-17(27-2)9-7-16/h3-9,12-13H,10-11,14H2,1-2H3,(H,23,26). The Hall–Kier alpha value is -2.44. The molecule has 0 aliphatic rings. The summed E-state index contributed by atoms with van der Waals surface area (Å²) in [6.45, 7) is 2.56. The minimum atomic E-state index is -0.0177. The zero-order valence-electron chi connectivity index (χ0n) is 15.8. The van der Waals surface area contributed by atoms with E-state index in [1.54, 1.807) is 13.3 Å². The smallest absolute Gasteiger partial charge is 0.230 e. The lowest BCUT2D eigenvalue weighted by Crippen LogP contribution is -2.27. The van der Waals surface area contributed by atoms with Gasteiger partial charge in [0, 0.05) is 24.0 Å². The average Bonchev–Trinajstić information content (AvgIpc) is 3.17. The molecular weight excluding hydrogens is 394 g/mol. The van der Waals surface area contributed by atoms with Crippen LogP contribution >= 0.6 is 23.4 Å². The van der Waals surface area contributed by atoms with E-state index in [9.17, 15) is 4.79 Å². The monoisotopic (exact) mass is 415 g/mol. The second-order valence-corrected chi connectivity index (χ2v) is 7.55. The van der Waals surface area contributed by atoms with E-state index in [0.717, 1.165) is 34.1 Å². The summed E-state index contributed by atoms with van der Waals surface area (Å²) in [5.74, 6) is 1.12. The fourth-order valence-electron chi connectivity index (χ4n) is 2.76. The predicted molar refractivity (Wildman–Crippen MR) is 114 cm³/mol. The van der Waals surface area contributed by atoms with Crippen LogP contribution in [0.15, 0.2) is 60.0 Å². The Morgan fingerprint density at radius 2 is 2.04 bits per heavy atom. The number of nitrogens with zero attached hydrogens (tertiary/aromatic N) is 2. The van der Waals surface area contributed by atoms with Crippen LogP contribution in [0.3, 0.4) is 0 Å². The van der Waals surface area contributed by atoms with Gasteiger partial charge in [-0.25, -0.2) is 4.98 Å². The maximum absolute atomic E-state index is 12.2. The Morgan fingerprint density at radius 3 is 2.79 bits per heavy atom. The molecule has 2 aromatic carbocycles. The first-order chi connectivity index (χ1) is 13.6. The van der Waals surface area contributed by atoms with Crippen molar-refractivity contribution in [3.8, 4) is 11.4 Å². The highest BCUT2D eigenvalue weighted by Gasteiger charge is 2.11. The van der Waals surface area contributed by atoms with Gasteiger partial charge in [-0.1, -0.05) is 41.6 Å². The number of hydrogen-bond donors (Lipinski definition) is 1. The van der Waals surface area contributed by atoms with E-state index in [4.69, 9.17) is 16.3 Å². The Bertz CT molecular complexity index is 941. The zero-order chi connectivity index (χ0) is 19.9. The van der Waals surface area contributed by atoms with Gasteiger partial charge >= 0.3 is 0 Å². The van der Waals surface area contributed by atoms with Gasteiger partial charge in [0.2, 0.25) is 5.91 Å². The van der Waals surface area contributed by atoms with Crippen LogP contribution in [0.2, 0.25) is 5.02 Å². The highest BCUT2D eigenvalue weighted by molar-refractivity contribution is 7.99. The normalized spacial score (nSPS) is 10.7. The van der Waals surface area contributed by atoms with Crippen molar-refractivity contribution < 1.29 is 9.53 Å². The second-order valence-electron chi connectivity index (χ2n) is 6.20. The molecular formula is C21H22ClN3O2S. The molecule has 0 saturated carbocycles. The highest BCUT2D eigenvalue weighted by Crippen LogP contribution is 2.26. The number of aromatic nitrogens is 2. The van der Waals surface area contributed by atoms with Gasteiger partial charge in [-0.15, -0.1) is 0 Å².